The van der Waals surface area contributed by atoms with E-state index in [0.717, 1.165) is 66.5 Å². The van der Waals surface area contributed by atoms with Crippen molar-refractivity contribution >= 4 is 55.8 Å². The molecule has 55 heavy (non-hydrogen) atoms. The molecule has 2 aliphatic rings. The average Bonchev–Trinajstić information content (AvgIpc) is 3.55. The smallest absolute Gasteiger partial charge is 0.335 e. The summed E-state index contributed by atoms with van der Waals surface area (Å²) < 4.78 is 29.4. The summed E-state index contributed by atoms with van der Waals surface area (Å²) in [4.78, 5) is 51.3. The first kappa shape index (κ1) is 39.8. The zero-order chi connectivity index (χ0) is 39.1. The molecular weight excluding hydrogens is 739 g/mol. The summed E-state index contributed by atoms with van der Waals surface area (Å²) >= 11 is 1.39. The Bertz CT molecular complexity index is 2140. The van der Waals surface area contributed by atoms with Gasteiger partial charge >= 0.3 is 11.9 Å². The molecule has 11 nitrogen and oxygen atoms in total. The van der Waals surface area contributed by atoms with Gasteiger partial charge in [0.15, 0.2) is 0 Å². The van der Waals surface area contributed by atoms with Crippen LogP contribution in [0.4, 0.5) is 10.7 Å². The van der Waals surface area contributed by atoms with Crippen molar-refractivity contribution < 1.29 is 37.8 Å². The Hall–Kier alpha value is -4.85. The topological polar surface area (TPSA) is 170 Å². The van der Waals surface area contributed by atoms with Crippen LogP contribution in [0.25, 0.3) is 0 Å². The molecule has 0 bridgehead atoms. The minimum Gasteiger partial charge on any atom is -0.481 e. The molecule has 1 heterocycles. The third-order valence-corrected chi connectivity index (χ3v) is 13.7. The number of aryl methyl sites for hydroxylation is 3. The summed E-state index contributed by atoms with van der Waals surface area (Å²) in [6.45, 7) is 2.19. The van der Waals surface area contributed by atoms with Crippen LogP contribution in [-0.4, -0.2) is 59.3 Å². The summed E-state index contributed by atoms with van der Waals surface area (Å²) in [6.07, 6.45) is 8.30. The zero-order valence-corrected chi connectivity index (χ0v) is 32.5. The van der Waals surface area contributed by atoms with Gasteiger partial charge in [0.05, 0.1) is 21.9 Å². The van der Waals surface area contributed by atoms with Crippen molar-refractivity contribution in [3.05, 3.63) is 111 Å². The van der Waals surface area contributed by atoms with Crippen molar-refractivity contribution in [3.63, 3.8) is 0 Å². The summed E-state index contributed by atoms with van der Waals surface area (Å²) in [6, 6.07) is 20.2. The molecule has 1 aromatic heterocycles. The number of aliphatic carboxylic acids is 1. The highest BCUT2D eigenvalue weighted by Gasteiger charge is 2.36. The molecule has 13 heteroatoms. The van der Waals surface area contributed by atoms with Gasteiger partial charge in [0, 0.05) is 28.7 Å². The van der Waals surface area contributed by atoms with Crippen LogP contribution in [0, 0.1) is 5.92 Å². The molecule has 2 aliphatic carbocycles. The van der Waals surface area contributed by atoms with E-state index in [1.807, 2.05) is 43.3 Å². The number of amides is 2. The Morgan fingerprint density at radius 2 is 1.45 bits per heavy atom. The van der Waals surface area contributed by atoms with Crippen molar-refractivity contribution in [2.45, 2.75) is 94.9 Å². The van der Waals surface area contributed by atoms with Gasteiger partial charge in [-0.2, -0.15) is 4.31 Å². The SMILES string of the molecule is CCCN(C1CCC(C(=O)O)CC1)S(=O)(=O)c1cccc(C(=O)Nc2sc3c(c2C(=O)Nc2ccc(CCCc4ccc(C(=O)O)cc4)cc2)CCCC3)c1. The molecule has 4 aromatic rings. The third kappa shape index (κ3) is 9.52. The lowest BCUT2D eigenvalue weighted by Gasteiger charge is -2.35. The van der Waals surface area contributed by atoms with E-state index in [-0.39, 0.29) is 34.5 Å². The molecule has 0 atom stereocenters. The maximum Gasteiger partial charge on any atom is 0.335 e. The van der Waals surface area contributed by atoms with E-state index in [9.17, 15) is 32.7 Å². The highest BCUT2D eigenvalue weighted by molar-refractivity contribution is 7.89. The lowest BCUT2D eigenvalue weighted by molar-refractivity contribution is -0.143. The van der Waals surface area contributed by atoms with Gasteiger partial charge in [-0.15, -0.1) is 11.3 Å². The van der Waals surface area contributed by atoms with Crippen LogP contribution in [0.5, 0.6) is 0 Å². The van der Waals surface area contributed by atoms with E-state index in [0.29, 0.717) is 48.4 Å². The van der Waals surface area contributed by atoms with Gasteiger partial charge in [-0.3, -0.25) is 14.4 Å². The molecular formula is C42H47N3O8S2. The first-order valence-electron chi connectivity index (χ1n) is 19.0. The molecule has 3 aromatic carbocycles. The minimum atomic E-state index is -3.99. The summed E-state index contributed by atoms with van der Waals surface area (Å²) in [5.41, 5.74) is 4.58. The number of hydrogen-bond acceptors (Lipinski definition) is 7. The minimum absolute atomic E-state index is 0.00441. The van der Waals surface area contributed by atoms with E-state index in [4.69, 9.17) is 5.11 Å². The van der Waals surface area contributed by atoms with Crippen LogP contribution in [0.1, 0.15) is 111 Å². The van der Waals surface area contributed by atoms with Crippen LogP contribution in [0.15, 0.2) is 77.7 Å². The molecule has 0 saturated heterocycles. The normalized spacial score (nSPS) is 17.0. The van der Waals surface area contributed by atoms with Crippen molar-refractivity contribution in [3.8, 4) is 0 Å². The second-order valence-corrected chi connectivity index (χ2v) is 17.4. The molecule has 0 unspecified atom stereocenters. The van der Waals surface area contributed by atoms with Gasteiger partial charge < -0.3 is 20.8 Å². The predicted molar refractivity (Wildman–Crippen MR) is 213 cm³/mol. The highest BCUT2D eigenvalue weighted by atomic mass is 32.2. The number of carbonyl (C=O) groups is 4. The van der Waals surface area contributed by atoms with Crippen molar-refractivity contribution in [1.29, 1.82) is 0 Å². The number of carboxylic acid groups (broad SMARTS) is 2. The number of anilines is 2. The molecule has 0 radical (unpaired) electrons. The van der Waals surface area contributed by atoms with Crippen LogP contribution < -0.4 is 10.6 Å². The number of nitrogens with one attached hydrogen (secondary N) is 2. The second-order valence-electron chi connectivity index (χ2n) is 14.4. The quantitative estimate of drug-likeness (QED) is 0.0938. The molecule has 4 N–H and O–H groups in total. The number of rotatable bonds is 15. The number of carboxylic acids is 2. The maximum atomic E-state index is 14.0. The maximum absolute atomic E-state index is 14.0. The standard InChI is InChI=1S/C42H47N3O8S2/c1-2-25-45(33-23-19-30(20-24-33)42(50)51)55(52,53)34-10-6-9-31(26-34)38(46)44-40-37(35-11-3-4-12-36(35)54-40)39(47)43-32-21-15-28(16-22-32)8-5-7-27-13-17-29(18-14-27)41(48)49/h6,9-10,13-18,21-22,26,30,33H,2-5,7-8,11-12,19-20,23-25H2,1H3,(H,43,47)(H,44,46)(H,48,49)(H,50,51). The summed E-state index contributed by atoms with van der Waals surface area (Å²) in [5.74, 6) is -3.10. The van der Waals surface area contributed by atoms with Crippen LogP contribution >= 0.6 is 11.3 Å². The van der Waals surface area contributed by atoms with Crippen molar-refractivity contribution in [1.82, 2.24) is 4.31 Å². The predicted octanol–water partition coefficient (Wildman–Crippen LogP) is 8.05. The van der Waals surface area contributed by atoms with E-state index < -0.39 is 33.8 Å². The van der Waals surface area contributed by atoms with Gasteiger partial charge in [-0.25, -0.2) is 13.2 Å². The Morgan fingerprint density at radius 1 is 0.800 bits per heavy atom. The molecule has 0 aliphatic heterocycles. The monoisotopic (exact) mass is 785 g/mol. The second kappa shape index (κ2) is 17.7. The number of sulfonamides is 1. The molecule has 1 fully saturated rings. The van der Waals surface area contributed by atoms with Gasteiger partial charge in [0.25, 0.3) is 11.8 Å². The first-order chi connectivity index (χ1) is 26.4. The van der Waals surface area contributed by atoms with Crippen LogP contribution in [0.3, 0.4) is 0 Å². The molecule has 290 valence electrons. The van der Waals surface area contributed by atoms with Gasteiger partial charge in [0.2, 0.25) is 10.0 Å². The summed E-state index contributed by atoms with van der Waals surface area (Å²) in [7, 11) is -3.99. The lowest BCUT2D eigenvalue weighted by atomic mass is 9.86. The summed E-state index contributed by atoms with van der Waals surface area (Å²) in [5, 5.41) is 24.9. The fraction of sp³-hybridized carbons (Fsp3) is 0.381. The Balaban J connectivity index is 1.13. The number of hydrogen-bond donors (Lipinski definition) is 4. The van der Waals surface area contributed by atoms with Gasteiger partial charge in [-0.05, 0) is 136 Å². The molecule has 6 rings (SSSR count). The number of aromatic carboxylic acids is 1. The third-order valence-electron chi connectivity index (χ3n) is 10.6. The lowest BCUT2D eigenvalue weighted by Crippen LogP contribution is -2.43. The number of carbonyl (C=O) groups excluding carboxylic acids is 2. The van der Waals surface area contributed by atoms with Crippen LogP contribution in [-0.2, 0) is 40.5 Å². The fourth-order valence-corrected chi connectivity index (χ4v) is 10.7. The van der Waals surface area contributed by atoms with E-state index in [1.54, 1.807) is 24.3 Å². The van der Waals surface area contributed by atoms with E-state index in [2.05, 4.69) is 10.6 Å². The van der Waals surface area contributed by atoms with Gasteiger partial charge in [0.1, 0.15) is 5.00 Å². The molecule has 0 spiro atoms. The number of benzene rings is 3. The van der Waals surface area contributed by atoms with Gasteiger partial charge in [-0.1, -0.05) is 37.3 Å². The number of nitrogens with zero attached hydrogens (tertiary/aromatic N) is 1. The van der Waals surface area contributed by atoms with Crippen molar-refractivity contribution in [2.24, 2.45) is 5.92 Å². The number of fused-ring (bicyclic) bond motifs is 1. The largest absolute Gasteiger partial charge is 0.481 e. The van der Waals surface area contributed by atoms with E-state index >= 15 is 0 Å². The fourth-order valence-electron chi connectivity index (χ4n) is 7.59. The highest BCUT2D eigenvalue weighted by Crippen LogP contribution is 2.39. The number of thiophene rings is 1. The Kier molecular flexibility index (Phi) is 12.8. The van der Waals surface area contributed by atoms with Crippen LogP contribution in [0.2, 0.25) is 0 Å². The Labute approximate surface area is 325 Å². The molecule has 1 saturated carbocycles. The van der Waals surface area contributed by atoms with Crippen molar-refractivity contribution in [2.75, 3.05) is 17.2 Å². The first-order valence-corrected chi connectivity index (χ1v) is 21.2. The van der Waals surface area contributed by atoms with E-state index in [1.165, 1.54) is 27.8 Å². The Morgan fingerprint density at radius 3 is 2.09 bits per heavy atom. The zero-order valence-electron chi connectivity index (χ0n) is 30.9. The average molecular weight is 786 g/mol. The molecule has 2 amide bonds.